The van der Waals surface area contributed by atoms with Crippen LogP contribution in [0.15, 0.2) is 53.4 Å². The molecule has 1 fully saturated rings. The van der Waals surface area contributed by atoms with E-state index in [0.29, 0.717) is 6.54 Å². The Hall–Kier alpha value is -2.22. The van der Waals surface area contributed by atoms with Gasteiger partial charge in [-0.1, -0.05) is 54.8 Å². The van der Waals surface area contributed by atoms with Gasteiger partial charge >= 0.3 is 0 Å². The average Bonchev–Trinajstić information content (AvgIpc) is 3.02. The molecule has 2 aromatic carbocycles. The maximum absolute atomic E-state index is 12.6. The molecule has 0 atom stereocenters. The number of benzene rings is 2. The van der Waals surface area contributed by atoms with Crippen molar-refractivity contribution in [3.05, 3.63) is 65.2 Å². The minimum Gasteiger partial charge on any atom is -0.351 e. The van der Waals surface area contributed by atoms with Gasteiger partial charge in [-0.05, 0) is 56.1 Å². The van der Waals surface area contributed by atoms with Crippen molar-refractivity contribution in [3.63, 3.8) is 0 Å². The van der Waals surface area contributed by atoms with Crippen LogP contribution in [-0.2, 0) is 27.9 Å². The molecule has 1 heterocycles. The lowest BCUT2D eigenvalue weighted by atomic mass is 10.1. The first-order valence-corrected chi connectivity index (χ1v) is 12.4. The Morgan fingerprint density at radius 3 is 2.13 bits per heavy atom. The molecule has 0 bridgehead atoms. The van der Waals surface area contributed by atoms with Crippen LogP contribution in [0, 0.1) is 6.92 Å². The summed E-state index contributed by atoms with van der Waals surface area (Å²) in [5.74, 6) is -0.327. The number of amides is 1. The van der Waals surface area contributed by atoms with E-state index < -0.39 is 10.0 Å². The van der Waals surface area contributed by atoms with Crippen molar-refractivity contribution >= 4 is 15.9 Å². The van der Waals surface area contributed by atoms with Gasteiger partial charge < -0.3 is 5.32 Å². The number of likely N-dealkylation sites (N-methyl/N-ethyl adjacent to an activating group) is 1. The lowest BCUT2D eigenvalue weighted by Crippen LogP contribution is -2.38. The minimum atomic E-state index is -3.69. The van der Waals surface area contributed by atoms with Gasteiger partial charge in [-0.3, -0.25) is 9.69 Å². The first-order valence-electron chi connectivity index (χ1n) is 10.9. The van der Waals surface area contributed by atoms with Crippen LogP contribution in [0.4, 0.5) is 0 Å². The third-order valence-electron chi connectivity index (χ3n) is 5.71. The second-order valence-corrected chi connectivity index (χ2v) is 10.4. The highest BCUT2D eigenvalue weighted by atomic mass is 32.2. The van der Waals surface area contributed by atoms with Gasteiger partial charge in [0.15, 0.2) is 0 Å². The van der Waals surface area contributed by atoms with E-state index in [2.05, 4.69) is 22.3 Å². The molecule has 3 rings (SSSR count). The van der Waals surface area contributed by atoms with Crippen LogP contribution < -0.4 is 5.32 Å². The van der Waals surface area contributed by atoms with Crippen molar-refractivity contribution < 1.29 is 13.2 Å². The van der Waals surface area contributed by atoms with Crippen LogP contribution in [0.25, 0.3) is 0 Å². The summed E-state index contributed by atoms with van der Waals surface area (Å²) in [6, 6.07) is 14.9. The number of nitrogens with zero attached hydrogens (tertiary/aromatic N) is 2. The molecule has 0 saturated carbocycles. The molecular formula is C24H33N3O3S. The molecule has 1 N–H and O–H groups in total. The van der Waals surface area contributed by atoms with E-state index in [-0.39, 0.29) is 17.3 Å². The number of rotatable bonds is 8. The maximum Gasteiger partial charge on any atom is 0.243 e. The fraction of sp³-hybridized carbons (Fsp3) is 0.458. The molecule has 168 valence electrons. The first-order chi connectivity index (χ1) is 14.8. The molecule has 31 heavy (non-hydrogen) atoms. The van der Waals surface area contributed by atoms with Crippen molar-refractivity contribution in [2.75, 3.05) is 26.7 Å². The molecule has 0 aliphatic carbocycles. The Morgan fingerprint density at radius 1 is 0.935 bits per heavy atom. The Bertz CT molecular complexity index is 949. The summed E-state index contributed by atoms with van der Waals surface area (Å²) in [5.41, 5.74) is 3.26. The second kappa shape index (κ2) is 10.9. The van der Waals surface area contributed by atoms with E-state index in [9.17, 15) is 13.2 Å². The minimum absolute atomic E-state index is 0.188. The average molecular weight is 444 g/mol. The molecule has 7 heteroatoms. The number of aryl methyl sites for hydroxylation is 1. The number of carbonyl (C=O) groups is 1. The lowest BCUT2D eigenvalue weighted by molar-refractivity contribution is -0.121. The third-order valence-corrected chi connectivity index (χ3v) is 7.53. The van der Waals surface area contributed by atoms with Gasteiger partial charge in [0.25, 0.3) is 0 Å². The molecule has 0 spiro atoms. The van der Waals surface area contributed by atoms with Crippen LogP contribution in [-0.4, -0.2) is 50.2 Å². The largest absolute Gasteiger partial charge is 0.351 e. The Balaban J connectivity index is 1.48. The standard InChI is InChI=1S/C24H33N3O3S/c1-20-7-13-23(14-8-20)31(29,30)26(2)19-24(28)25-17-21-9-11-22(12-10-21)18-27-15-5-3-4-6-16-27/h7-14H,3-6,15-19H2,1-2H3,(H,25,28). The fourth-order valence-electron chi connectivity index (χ4n) is 3.75. The second-order valence-electron chi connectivity index (χ2n) is 8.36. The van der Waals surface area contributed by atoms with E-state index >= 15 is 0 Å². The summed E-state index contributed by atoms with van der Waals surface area (Å²) < 4.78 is 26.3. The monoisotopic (exact) mass is 443 g/mol. The highest BCUT2D eigenvalue weighted by molar-refractivity contribution is 7.89. The molecule has 0 radical (unpaired) electrons. The van der Waals surface area contributed by atoms with Crippen LogP contribution >= 0.6 is 0 Å². The number of likely N-dealkylation sites (tertiary alicyclic amines) is 1. The number of hydrogen-bond acceptors (Lipinski definition) is 4. The summed E-state index contributed by atoms with van der Waals surface area (Å²) in [7, 11) is -2.27. The van der Waals surface area contributed by atoms with E-state index in [0.717, 1.165) is 35.1 Å². The van der Waals surface area contributed by atoms with E-state index in [1.807, 2.05) is 19.1 Å². The van der Waals surface area contributed by atoms with Crippen LogP contribution in [0.2, 0.25) is 0 Å². The summed E-state index contributed by atoms with van der Waals surface area (Å²) in [6.45, 7) is 5.35. The van der Waals surface area contributed by atoms with Gasteiger partial charge in [-0.2, -0.15) is 4.31 Å². The number of carbonyl (C=O) groups excluding carboxylic acids is 1. The molecule has 6 nitrogen and oxygen atoms in total. The Morgan fingerprint density at radius 2 is 1.52 bits per heavy atom. The first kappa shape index (κ1) is 23.4. The maximum atomic E-state index is 12.6. The molecule has 2 aromatic rings. The van der Waals surface area contributed by atoms with Crippen LogP contribution in [0.1, 0.15) is 42.4 Å². The zero-order chi connectivity index (χ0) is 22.3. The van der Waals surface area contributed by atoms with E-state index in [1.165, 1.54) is 38.3 Å². The summed E-state index contributed by atoms with van der Waals surface area (Å²) in [4.78, 5) is 15.0. The Kier molecular flexibility index (Phi) is 8.23. The smallest absolute Gasteiger partial charge is 0.243 e. The highest BCUT2D eigenvalue weighted by Crippen LogP contribution is 2.15. The molecule has 0 aromatic heterocycles. The predicted octanol–water partition coefficient (Wildman–Crippen LogP) is 3.31. The van der Waals surface area contributed by atoms with Gasteiger partial charge in [0.05, 0.1) is 11.4 Å². The van der Waals surface area contributed by atoms with Gasteiger partial charge in [-0.15, -0.1) is 0 Å². The fourth-order valence-corrected chi connectivity index (χ4v) is 4.88. The molecule has 1 aliphatic rings. The van der Waals surface area contributed by atoms with E-state index in [1.54, 1.807) is 24.3 Å². The van der Waals surface area contributed by atoms with Crippen molar-refractivity contribution in [2.45, 2.75) is 50.6 Å². The Labute approximate surface area is 186 Å². The normalized spacial score (nSPS) is 15.6. The van der Waals surface area contributed by atoms with Crippen molar-refractivity contribution in [2.24, 2.45) is 0 Å². The summed E-state index contributed by atoms with van der Waals surface area (Å²) in [5, 5.41) is 2.82. The number of hydrogen-bond donors (Lipinski definition) is 1. The zero-order valence-corrected chi connectivity index (χ0v) is 19.3. The predicted molar refractivity (Wildman–Crippen MR) is 123 cm³/mol. The molecular weight excluding hydrogens is 410 g/mol. The molecule has 1 amide bonds. The van der Waals surface area contributed by atoms with Crippen molar-refractivity contribution in [3.8, 4) is 0 Å². The third kappa shape index (κ3) is 6.89. The summed E-state index contributed by atoms with van der Waals surface area (Å²) >= 11 is 0. The van der Waals surface area contributed by atoms with Crippen molar-refractivity contribution in [1.82, 2.24) is 14.5 Å². The van der Waals surface area contributed by atoms with Gasteiger partial charge in [0, 0.05) is 20.1 Å². The number of sulfonamides is 1. The van der Waals surface area contributed by atoms with Crippen LogP contribution in [0.5, 0.6) is 0 Å². The van der Waals surface area contributed by atoms with E-state index in [4.69, 9.17) is 0 Å². The van der Waals surface area contributed by atoms with Gasteiger partial charge in [-0.25, -0.2) is 8.42 Å². The molecule has 1 aliphatic heterocycles. The number of nitrogens with one attached hydrogen (secondary N) is 1. The lowest BCUT2D eigenvalue weighted by Gasteiger charge is -2.20. The van der Waals surface area contributed by atoms with Gasteiger partial charge in [0.2, 0.25) is 15.9 Å². The highest BCUT2D eigenvalue weighted by Gasteiger charge is 2.22. The molecule has 0 unspecified atom stereocenters. The zero-order valence-electron chi connectivity index (χ0n) is 18.5. The SMILES string of the molecule is Cc1ccc(S(=O)(=O)N(C)CC(=O)NCc2ccc(CN3CCCCCC3)cc2)cc1. The quantitative estimate of drug-likeness (QED) is 0.680. The topological polar surface area (TPSA) is 69.7 Å². The van der Waals surface area contributed by atoms with Crippen molar-refractivity contribution in [1.29, 1.82) is 0 Å². The van der Waals surface area contributed by atoms with Gasteiger partial charge in [0.1, 0.15) is 0 Å². The van der Waals surface area contributed by atoms with Crippen LogP contribution in [0.3, 0.4) is 0 Å². The summed E-state index contributed by atoms with van der Waals surface area (Å²) in [6.07, 6.45) is 5.21. The molecule has 1 saturated heterocycles.